The summed E-state index contributed by atoms with van der Waals surface area (Å²) in [6.45, 7) is 1.67. The topological polar surface area (TPSA) is 58.4 Å². The molecule has 1 heterocycles. The Labute approximate surface area is 99.6 Å². The zero-order valence-electron chi connectivity index (χ0n) is 9.58. The van der Waals surface area contributed by atoms with E-state index >= 15 is 0 Å². The monoisotopic (exact) mass is 237 g/mol. The highest BCUT2D eigenvalue weighted by atomic mass is 19.1. The van der Waals surface area contributed by atoms with Crippen molar-refractivity contribution in [2.24, 2.45) is 0 Å². The number of halogens is 1. The molecule has 0 aromatic heterocycles. The molecule has 1 amide bonds. The van der Waals surface area contributed by atoms with Gasteiger partial charge in [-0.05, 0) is 25.0 Å². The van der Waals surface area contributed by atoms with Crippen molar-refractivity contribution >= 4 is 11.6 Å². The molecular formula is C12H16FN3O. The van der Waals surface area contributed by atoms with Crippen molar-refractivity contribution < 1.29 is 9.18 Å². The smallest absolute Gasteiger partial charge is 0.267 e. The van der Waals surface area contributed by atoms with Gasteiger partial charge in [-0.3, -0.25) is 10.2 Å². The van der Waals surface area contributed by atoms with Gasteiger partial charge in [-0.25, -0.2) is 9.40 Å². The molecule has 1 fully saturated rings. The minimum Gasteiger partial charge on any atom is -0.396 e. The normalized spacial score (nSPS) is 16.8. The summed E-state index contributed by atoms with van der Waals surface area (Å²) in [6, 6.07) is 4.25. The standard InChI is InChI=1S/C12H16FN3O/c13-10-6-4-5-9(11(10)14)12(17)15-16-7-2-1-3-8-16/h4-6H,1-3,7-8,14H2,(H,15,17). The lowest BCUT2D eigenvalue weighted by Gasteiger charge is -2.27. The summed E-state index contributed by atoms with van der Waals surface area (Å²) in [6.07, 6.45) is 3.33. The number of nitrogens with zero attached hydrogens (tertiary/aromatic N) is 1. The summed E-state index contributed by atoms with van der Waals surface area (Å²) < 4.78 is 13.2. The quantitative estimate of drug-likeness (QED) is 0.767. The lowest BCUT2D eigenvalue weighted by molar-refractivity contribution is 0.0750. The summed E-state index contributed by atoms with van der Waals surface area (Å²) in [5.41, 5.74) is 8.38. The maximum atomic E-state index is 13.2. The maximum absolute atomic E-state index is 13.2. The van der Waals surface area contributed by atoms with Crippen LogP contribution in [0.3, 0.4) is 0 Å². The molecule has 3 N–H and O–H groups in total. The van der Waals surface area contributed by atoms with Gasteiger partial charge in [0.15, 0.2) is 0 Å². The Morgan fingerprint density at radius 1 is 1.29 bits per heavy atom. The third-order valence-electron chi connectivity index (χ3n) is 2.91. The largest absolute Gasteiger partial charge is 0.396 e. The van der Waals surface area contributed by atoms with Crippen LogP contribution in [0.2, 0.25) is 0 Å². The molecule has 1 aromatic rings. The Balaban J connectivity index is 2.06. The number of hydrazine groups is 1. The lowest BCUT2D eigenvalue weighted by atomic mass is 10.1. The summed E-state index contributed by atoms with van der Waals surface area (Å²) in [5, 5.41) is 1.86. The number of carbonyl (C=O) groups is 1. The first-order valence-corrected chi connectivity index (χ1v) is 5.78. The molecule has 0 bridgehead atoms. The molecule has 4 nitrogen and oxygen atoms in total. The SMILES string of the molecule is Nc1c(F)cccc1C(=O)NN1CCCCC1. The van der Waals surface area contributed by atoms with E-state index in [2.05, 4.69) is 5.43 Å². The molecule has 92 valence electrons. The number of rotatable bonds is 2. The Morgan fingerprint density at radius 2 is 2.00 bits per heavy atom. The van der Waals surface area contributed by atoms with Crippen LogP contribution in [-0.2, 0) is 0 Å². The van der Waals surface area contributed by atoms with Gasteiger partial charge in [0.05, 0.1) is 11.3 Å². The predicted octanol–water partition coefficient (Wildman–Crippen LogP) is 1.54. The molecule has 0 aliphatic carbocycles. The third kappa shape index (κ3) is 2.74. The van der Waals surface area contributed by atoms with E-state index in [4.69, 9.17) is 5.73 Å². The van der Waals surface area contributed by atoms with Crippen molar-refractivity contribution in [3.63, 3.8) is 0 Å². The van der Waals surface area contributed by atoms with Crippen molar-refractivity contribution in [1.82, 2.24) is 10.4 Å². The number of nitrogen functional groups attached to an aromatic ring is 1. The van der Waals surface area contributed by atoms with Crippen LogP contribution < -0.4 is 11.2 Å². The number of carbonyl (C=O) groups excluding carboxylic acids is 1. The molecule has 1 aliphatic rings. The molecule has 0 saturated carbocycles. The first kappa shape index (κ1) is 11.9. The van der Waals surface area contributed by atoms with E-state index in [1.807, 2.05) is 5.01 Å². The van der Waals surface area contributed by atoms with E-state index < -0.39 is 5.82 Å². The molecular weight excluding hydrogens is 221 g/mol. The molecule has 2 rings (SSSR count). The Hall–Kier alpha value is -1.62. The Kier molecular flexibility index (Phi) is 3.58. The number of benzene rings is 1. The lowest BCUT2D eigenvalue weighted by Crippen LogP contribution is -2.45. The maximum Gasteiger partial charge on any atom is 0.267 e. The van der Waals surface area contributed by atoms with Gasteiger partial charge in [0, 0.05) is 13.1 Å². The first-order chi connectivity index (χ1) is 8.18. The van der Waals surface area contributed by atoms with Crippen molar-refractivity contribution in [2.45, 2.75) is 19.3 Å². The zero-order valence-corrected chi connectivity index (χ0v) is 9.58. The van der Waals surface area contributed by atoms with Crippen LogP contribution in [0.4, 0.5) is 10.1 Å². The minimum atomic E-state index is -0.559. The van der Waals surface area contributed by atoms with Crippen molar-refractivity contribution in [3.05, 3.63) is 29.6 Å². The number of hydrogen-bond acceptors (Lipinski definition) is 3. The summed E-state index contributed by atoms with van der Waals surface area (Å²) in [5.74, 6) is -0.903. The summed E-state index contributed by atoms with van der Waals surface area (Å²) in [7, 11) is 0. The van der Waals surface area contributed by atoms with Crippen LogP contribution in [0.1, 0.15) is 29.6 Å². The number of para-hydroxylation sites is 1. The van der Waals surface area contributed by atoms with E-state index in [0.717, 1.165) is 25.9 Å². The van der Waals surface area contributed by atoms with Crippen LogP contribution in [0, 0.1) is 5.82 Å². The van der Waals surface area contributed by atoms with Gasteiger partial charge in [0.25, 0.3) is 5.91 Å². The third-order valence-corrected chi connectivity index (χ3v) is 2.91. The molecule has 1 saturated heterocycles. The fourth-order valence-electron chi connectivity index (χ4n) is 1.94. The molecule has 1 aliphatic heterocycles. The number of hydrogen-bond donors (Lipinski definition) is 2. The van der Waals surface area contributed by atoms with Gasteiger partial charge in [0.2, 0.25) is 0 Å². The van der Waals surface area contributed by atoms with Gasteiger partial charge in [-0.15, -0.1) is 0 Å². The molecule has 0 spiro atoms. The number of nitrogens with two attached hydrogens (primary N) is 1. The van der Waals surface area contributed by atoms with Crippen molar-refractivity contribution in [2.75, 3.05) is 18.8 Å². The highest BCUT2D eigenvalue weighted by molar-refractivity contribution is 5.98. The fraction of sp³-hybridized carbons (Fsp3) is 0.417. The highest BCUT2D eigenvalue weighted by Crippen LogP contribution is 2.16. The second-order valence-electron chi connectivity index (χ2n) is 4.19. The van der Waals surface area contributed by atoms with Crippen LogP contribution >= 0.6 is 0 Å². The minimum absolute atomic E-state index is 0.0954. The number of piperidine rings is 1. The van der Waals surface area contributed by atoms with Gasteiger partial charge in [0.1, 0.15) is 5.82 Å². The zero-order chi connectivity index (χ0) is 12.3. The van der Waals surface area contributed by atoms with E-state index in [-0.39, 0.29) is 17.2 Å². The number of nitrogens with one attached hydrogen (secondary N) is 1. The molecule has 0 radical (unpaired) electrons. The first-order valence-electron chi connectivity index (χ1n) is 5.78. The molecule has 0 unspecified atom stereocenters. The summed E-state index contributed by atoms with van der Waals surface area (Å²) >= 11 is 0. The average Bonchev–Trinajstić information content (AvgIpc) is 2.34. The van der Waals surface area contributed by atoms with E-state index in [0.29, 0.717) is 0 Å². The van der Waals surface area contributed by atoms with Crippen LogP contribution in [0.5, 0.6) is 0 Å². The van der Waals surface area contributed by atoms with Crippen LogP contribution in [0.15, 0.2) is 18.2 Å². The molecule has 17 heavy (non-hydrogen) atoms. The molecule has 0 atom stereocenters. The van der Waals surface area contributed by atoms with E-state index in [1.54, 1.807) is 0 Å². The summed E-state index contributed by atoms with van der Waals surface area (Å²) in [4.78, 5) is 11.9. The van der Waals surface area contributed by atoms with Crippen LogP contribution in [-0.4, -0.2) is 24.0 Å². The Bertz CT molecular complexity index is 416. The van der Waals surface area contributed by atoms with E-state index in [9.17, 15) is 9.18 Å². The fourth-order valence-corrected chi connectivity index (χ4v) is 1.94. The number of anilines is 1. The Morgan fingerprint density at radius 3 is 2.71 bits per heavy atom. The van der Waals surface area contributed by atoms with Gasteiger partial charge in [-0.1, -0.05) is 12.5 Å². The molecule has 5 heteroatoms. The second kappa shape index (κ2) is 5.14. The second-order valence-corrected chi connectivity index (χ2v) is 4.19. The predicted molar refractivity (Wildman–Crippen MR) is 63.7 cm³/mol. The number of amides is 1. The van der Waals surface area contributed by atoms with Crippen molar-refractivity contribution in [1.29, 1.82) is 0 Å². The molecule has 1 aromatic carbocycles. The van der Waals surface area contributed by atoms with Gasteiger partial charge in [-0.2, -0.15) is 0 Å². The van der Waals surface area contributed by atoms with Crippen molar-refractivity contribution in [3.8, 4) is 0 Å². The van der Waals surface area contributed by atoms with E-state index in [1.165, 1.54) is 24.6 Å². The van der Waals surface area contributed by atoms with Gasteiger partial charge < -0.3 is 5.73 Å². The van der Waals surface area contributed by atoms with Crippen LogP contribution in [0.25, 0.3) is 0 Å². The average molecular weight is 237 g/mol. The van der Waals surface area contributed by atoms with Gasteiger partial charge >= 0.3 is 0 Å². The highest BCUT2D eigenvalue weighted by Gasteiger charge is 2.16.